The van der Waals surface area contributed by atoms with Crippen LogP contribution >= 0.6 is 0 Å². The van der Waals surface area contributed by atoms with Crippen molar-refractivity contribution in [1.29, 1.82) is 0 Å². The highest BCUT2D eigenvalue weighted by Crippen LogP contribution is 2.21. The van der Waals surface area contributed by atoms with Crippen LogP contribution in [0, 0.1) is 0 Å². The van der Waals surface area contributed by atoms with Crippen molar-refractivity contribution in [2.24, 2.45) is 0 Å². The van der Waals surface area contributed by atoms with Gasteiger partial charge in [0.05, 0.1) is 12.2 Å². The normalized spacial score (nSPS) is 33.2. The first kappa shape index (κ1) is 13.1. The Balaban J connectivity index is 2.21. The number of benzene rings is 1. The van der Waals surface area contributed by atoms with Crippen molar-refractivity contribution in [2.75, 3.05) is 23.7 Å². The molecule has 1 aromatic carbocycles. The molecule has 1 aromatic rings. The molecule has 0 aliphatic carbocycles. The van der Waals surface area contributed by atoms with Gasteiger partial charge in [-0.05, 0) is 24.3 Å². The number of rotatable bonds is 1. The number of hydrogen-bond acceptors (Lipinski definition) is 6. The lowest BCUT2D eigenvalue weighted by molar-refractivity contribution is -0.0894. The van der Waals surface area contributed by atoms with Gasteiger partial charge in [0.15, 0.2) is 0 Å². The molecule has 1 aliphatic heterocycles. The van der Waals surface area contributed by atoms with E-state index in [-0.39, 0.29) is 13.1 Å². The van der Waals surface area contributed by atoms with E-state index in [0.29, 0.717) is 5.69 Å². The number of aliphatic hydroxyl groups is 4. The summed E-state index contributed by atoms with van der Waals surface area (Å²) in [7, 11) is 0. The van der Waals surface area contributed by atoms with E-state index in [1.165, 1.54) is 0 Å². The fourth-order valence-electron chi connectivity index (χ4n) is 2.09. The molecule has 18 heavy (non-hydrogen) atoms. The second-order valence-electron chi connectivity index (χ2n) is 4.61. The SMILES string of the molecule is Nc1ccc(N2CC(O)C(O)C(O)C(O)C2)cc1. The van der Waals surface area contributed by atoms with Crippen molar-refractivity contribution in [3.8, 4) is 0 Å². The zero-order chi connectivity index (χ0) is 13.3. The van der Waals surface area contributed by atoms with Gasteiger partial charge in [0.2, 0.25) is 0 Å². The summed E-state index contributed by atoms with van der Waals surface area (Å²) >= 11 is 0. The Morgan fingerprint density at radius 1 is 0.889 bits per heavy atom. The van der Waals surface area contributed by atoms with Crippen molar-refractivity contribution >= 4 is 11.4 Å². The van der Waals surface area contributed by atoms with Gasteiger partial charge in [0.1, 0.15) is 12.2 Å². The molecule has 0 aromatic heterocycles. The van der Waals surface area contributed by atoms with Crippen LogP contribution in [-0.4, -0.2) is 57.9 Å². The van der Waals surface area contributed by atoms with Crippen LogP contribution in [0.25, 0.3) is 0 Å². The first-order valence-corrected chi connectivity index (χ1v) is 5.82. The molecule has 4 unspecified atom stereocenters. The summed E-state index contributed by atoms with van der Waals surface area (Å²) in [5.74, 6) is 0. The van der Waals surface area contributed by atoms with E-state index in [1.807, 2.05) is 0 Å². The Labute approximate surface area is 105 Å². The third kappa shape index (κ3) is 2.56. The maximum atomic E-state index is 9.74. The summed E-state index contributed by atoms with van der Waals surface area (Å²) in [4.78, 5) is 1.70. The monoisotopic (exact) mass is 254 g/mol. The molecule has 1 heterocycles. The van der Waals surface area contributed by atoms with Crippen LogP contribution in [0.1, 0.15) is 0 Å². The predicted octanol–water partition coefficient (Wildman–Crippen LogP) is -1.47. The average molecular weight is 254 g/mol. The van der Waals surface area contributed by atoms with E-state index >= 15 is 0 Å². The zero-order valence-electron chi connectivity index (χ0n) is 9.85. The Bertz CT molecular complexity index is 382. The maximum absolute atomic E-state index is 9.74. The molecule has 0 bridgehead atoms. The van der Waals surface area contributed by atoms with Crippen molar-refractivity contribution in [3.63, 3.8) is 0 Å². The first-order valence-electron chi connectivity index (χ1n) is 5.82. The van der Waals surface area contributed by atoms with Gasteiger partial charge in [-0.3, -0.25) is 0 Å². The Morgan fingerprint density at radius 3 is 1.78 bits per heavy atom. The Kier molecular flexibility index (Phi) is 3.72. The van der Waals surface area contributed by atoms with E-state index in [9.17, 15) is 20.4 Å². The Hall–Kier alpha value is -1.34. The van der Waals surface area contributed by atoms with E-state index in [4.69, 9.17) is 5.73 Å². The molecule has 1 aliphatic rings. The highest BCUT2D eigenvalue weighted by atomic mass is 16.4. The van der Waals surface area contributed by atoms with Crippen LogP contribution in [0.2, 0.25) is 0 Å². The molecule has 6 N–H and O–H groups in total. The number of nitrogens with zero attached hydrogens (tertiary/aromatic N) is 1. The summed E-state index contributed by atoms with van der Waals surface area (Å²) in [6.45, 7) is 0.276. The minimum Gasteiger partial charge on any atom is -0.399 e. The third-order valence-corrected chi connectivity index (χ3v) is 3.21. The Morgan fingerprint density at radius 2 is 1.33 bits per heavy atom. The van der Waals surface area contributed by atoms with Crippen molar-refractivity contribution < 1.29 is 20.4 Å². The quantitative estimate of drug-likeness (QED) is 0.391. The van der Waals surface area contributed by atoms with Crippen LogP contribution < -0.4 is 10.6 Å². The summed E-state index contributed by atoms with van der Waals surface area (Å²) in [5, 5.41) is 38.7. The highest BCUT2D eigenvalue weighted by Gasteiger charge is 2.36. The van der Waals surface area contributed by atoms with Gasteiger partial charge in [-0.15, -0.1) is 0 Å². The van der Waals surface area contributed by atoms with E-state index in [1.54, 1.807) is 29.2 Å². The van der Waals surface area contributed by atoms with Gasteiger partial charge >= 0.3 is 0 Å². The molecule has 0 saturated carbocycles. The zero-order valence-corrected chi connectivity index (χ0v) is 9.85. The molecule has 0 radical (unpaired) electrons. The lowest BCUT2D eigenvalue weighted by atomic mass is 10.1. The van der Waals surface area contributed by atoms with Crippen molar-refractivity contribution in [3.05, 3.63) is 24.3 Å². The molecule has 1 saturated heterocycles. The number of hydrogen-bond donors (Lipinski definition) is 5. The molecule has 100 valence electrons. The molecule has 0 amide bonds. The number of nitrogens with two attached hydrogens (primary N) is 1. The molecule has 1 fully saturated rings. The molecule has 6 nitrogen and oxygen atoms in total. The van der Waals surface area contributed by atoms with Gasteiger partial charge in [-0.25, -0.2) is 0 Å². The molecule has 6 heteroatoms. The van der Waals surface area contributed by atoms with Crippen LogP contribution in [0.5, 0.6) is 0 Å². The van der Waals surface area contributed by atoms with Crippen LogP contribution in [-0.2, 0) is 0 Å². The fourth-order valence-corrected chi connectivity index (χ4v) is 2.09. The first-order chi connectivity index (χ1) is 8.49. The van der Waals surface area contributed by atoms with E-state index in [0.717, 1.165) is 5.69 Å². The van der Waals surface area contributed by atoms with Gasteiger partial charge < -0.3 is 31.1 Å². The van der Waals surface area contributed by atoms with E-state index in [2.05, 4.69) is 0 Å². The molecule has 4 atom stereocenters. The topological polar surface area (TPSA) is 110 Å². The molecule has 0 spiro atoms. The van der Waals surface area contributed by atoms with Crippen LogP contribution in [0.3, 0.4) is 0 Å². The molecular weight excluding hydrogens is 236 g/mol. The predicted molar refractivity (Wildman–Crippen MR) is 67.1 cm³/mol. The second-order valence-corrected chi connectivity index (χ2v) is 4.61. The van der Waals surface area contributed by atoms with Gasteiger partial charge in [0.25, 0.3) is 0 Å². The lowest BCUT2D eigenvalue weighted by Crippen LogP contribution is -2.43. The molecule has 2 rings (SSSR count). The minimum atomic E-state index is -1.35. The summed E-state index contributed by atoms with van der Waals surface area (Å²) < 4.78 is 0. The number of β-amino-alcohol motifs (C(OH)–C–C–N with tert-alkyl or cyclic N) is 2. The van der Waals surface area contributed by atoms with Crippen LogP contribution in [0.15, 0.2) is 24.3 Å². The lowest BCUT2D eigenvalue weighted by Gasteiger charge is -2.25. The van der Waals surface area contributed by atoms with Crippen LogP contribution in [0.4, 0.5) is 11.4 Å². The summed E-state index contributed by atoms with van der Waals surface area (Å²) in [6, 6.07) is 6.95. The minimum absolute atomic E-state index is 0.138. The fraction of sp³-hybridized carbons (Fsp3) is 0.500. The number of aliphatic hydroxyl groups excluding tert-OH is 4. The number of anilines is 2. The maximum Gasteiger partial charge on any atom is 0.110 e. The largest absolute Gasteiger partial charge is 0.399 e. The highest BCUT2D eigenvalue weighted by molar-refractivity contribution is 5.53. The summed E-state index contributed by atoms with van der Waals surface area (Å²) in [5.41, 5.74) is 6.98. The standard InChI is InChI=1S/C12H18N2O4/c13-7-1-3-8(4-2-7)14-5-9(15)11(17)12(18)10(16)6-14/h1-4,9-12,15-18H,5-6,13H2. The molecular formula is C12H18N2O4. The van der Waals surface area contributed by atoms with Crippen molar-refractivity contribution in [2.45, 2.75) is 24.4 Å². The van der Waals surface area contributed by atoms with Gasteiger partial charge in [-0.2, -0.15) is 0 Å². The van der Waals surface area contributed by atoms with Gasteiger partial charge in [0, 0.05) is 24.5 Å². The number of nitrogen functional groups attached to an aromatic ring is 1. The van der Waals surface area contributed by atoms with Crippen molar-refractivity contribution in [1.82, 2.24) is 0 Å². The average Bonchev–Trinajstić information content (AvgIpc) is 2.44. The summed E-state index contributed by atoms with van der Waals surface area (Å²) in [6.07, 6.45) is -4.93. The third-order valence-electron chi connectivity index (χ3n) is 3.21. The smallest absolute Gasteiger partial charge is 0.110 e. The van der Waals surface area contributed by atoms with E-state index < -0.39 is 24.4 Å². The second kappa shape index (κ2) is 5.11. The van der Waals surface area contributed by atoms with Gasteiger partial charge in [-0.1, -0.05) is 0 Å².